The van der Waals surface area contributed by atoms with Gasteiger partial charge in [-0.2, -0.15) is 0 Å². The Balaban J connectivity index is 1.78. The molecule has 2 aromatic carbocycles. The highest BCUT2D eigenvalue weighted by Gasteiger charge is 2.37. The van der Waals surface area contributed by atoms with E-state index in [1.54, 1.807) is 30.3 Å². The molecule has 2 heterocycles. The lowest BCUT2D eigenvalue weighted by Crippen LogP contribution is -2.54. The summed E-state index contributed by atoms with van der Waals surface area (Å²) in [6.07, 6.45) is 2.71. The summed E-state index contributed by atoms with van der Waals surface area (Å²) in [7, 11) is 0. The number of thiocarbonyl (C=S) groups is 1. The highest BCUT2D eigenvalue weighted by molar-refractivity contribution is 7.80. The highest BCUT2D eigenvalue weighted by atomic mass is 35.5. The van der Waals surface area contributed by atoms with Gasteiger partial charge in [0.2, 0.25) is 0 Å². The number of nitrogens with zero attached hydrogens (tertiary/aromatic N) is 2. The van der Waals surface area contributed by atoms with Crippen LogP contribution in [0.15, 0.2) is 42.0 Å². The zero-order chi connectivity index (χ0) is 24.1. The fourth-order valence-electron chi connectivity index (χ4n) is 5.07. The molecule has 2 aromatic rings. The Bertz CT molecular complexity index is 1200. The average molecular weight is 482 g/mol. The number of anilines is 2. The van der Waals surface area contributed by atoms with Crippen molar-refractivity contribution in [2.24, 2.45) is 0 Å². The fraction of sp³-hybridized carbons (Fsp3) is 0.346. The van der Waals surface area contributed by atoms with E-state index in [0.717, 1.165) is 24.1 Å². The number of halogens is 1. The molecule has 1 N–H and O–H groups in total. The number of hydrogen-bond donors (Lipinski definition) is 1. The van der Waals surface area contributed by atoms with Crippen LogP contribution in [0.3, 0.4) is 0 Å². The zero-order valence-corrected chi connectivity index (χ0v) is 21.1. The maximum atomic E-state index is 13.4. The third-order valence-electron chi connectivity index (χ3n) is 6.56. The van der Waals surface area contributed by atoms with Gasteiger partial charge in [0.25, 0.3) is 11.8 Å². The van der Waals surface area contributed by atoms with Gasteiger partial charge in [-0.25, -0.2) is 0 Å². The second-order valence-corrected chi connectivity index (χ2v) is 10.2. The van der Waals surface area contributed by atoms with E-state index >= 15 is 0 Å². The average Bonchev–Trinajstić information content (AvgIpc) is 2.71. The SMILES string of the molecule is CCN1c2cc(C)c(/C=C3\C(=O)NC(=S)N(c4cccc(Cl)c4)C3=O)cc2C(C)CC1(C)C. The third-order valence-corrected chi connectivity index (χ3v) is 7.08. The van der Waals surface area contributed by atoms with Crippen LogP contribution in [0.2, 0.25) is 5.02 Å². The zero-order valence-electron chi connectivity index (χ0n) is 19.5. The Morgan fingerprint density at radius 3 is 2.64 bits per heavy atom. The van der Waals surface area contributed by atoms with Crippen molar-refractivity contribution in [1.29, 1.82) is 0 Å². The van der Waals surface area contributed by atoms with E-state index in [1.165, 1.54) is 16.2 Å². The summed E-state index contributed by atoms with van der Waals surface area (Å²) < 4.78 is 0. The predicted molar refractivity (Wildman–Crippen MR) is 139 cm³/mol. The molecule has 0 aliphatic carbocycles. The van der Waals surface area contributed by atoms with Crippen molar-refractivity contribution >= 4 is 58.2 Å². The van der Waals surface area contributed by atoms with Gasteiger partial charge in [-0.15, -0.1) is 0 Å². The Kier molecular flexibility index (Phi) is 6.10. The minimum atomic E-state index is -0.496. The largest absolute Gasteiger partial charge is 0.366 e. The summed E-state index contributed by atoms with van der Waals surface area (Å²) >= 11 is 11.4. The molecule has 4 rings (SSSR count). The smallest absolute Gasteiger partial charge is 0.270 e. The number of carbonyl (C=O) groups excluding carboxylic acids is 2. The molecule has 33 heavy (non-hydrogen) atoms. The highest BCUT2D eigenvalue weighted by Crippen LogP contribution is 2.44. The van der Waals surface area contributed by atoms with Crippen molar-refractivity contribution in [3.63, 3.8) is 0 Å². The van der Waals surface area contributed by atoms with Crippen LogP contribution in [0, 0.1) is 6.92 Å². The van der Waals surface area contributed by atoms with Crippen LogP contribution in [0.25, 0.3) is 6.08 Å². The molecule has 1 unspecified atom stereocenters. The van der Waals surface area contributed by atoms with Crippen molar-refractivity contribution in [2.75, 3.05) is 16.3 Å². The molecule has 1 fully saturated rings. The van der Waals surface area contributed by atoms with Crippen molar-refractivity contribution in [1.82, 2.24) is 5.32 Å². The van der Waals surface area contributed by atoms with Gasteiger partial charge in [0, 0.05) is 22.8 Å². The number of amides is 2. The molecule has 0 spiro atoms. The summed E-state index contributed by atoms with van der Waals surface area (Å²) in [5.74, 6) is -0.598. The summed E-state index contributed by atoms with van der Waals surface area (Å²) in [5.41, 5.74) is 4.95. The molecule has 7 heteroatoms. The van der Waals surface area contributed by atoms with E-state index in [0.29, 0.717) is 16.6 Å². The fourth-order valence-corrected chi connectivity index (χ4v) is 5.53. The Morgan fingerprint density at radius 2 is 1.97 bits per heavy atom. The number of rotatable bonds is 3. The first-order valence-corrected chi connectivity index (χ1v) is 11.9. The van der Waals surface area contributed by atoms with Crippen LogP contribution in [0.5, 0.6) is 0 Å². The van der Waals surface area contributed by atoms with E-state index in [1.807, 2.05) is 6.92 Å². The molecule has 1 atom stereocenters. The minimum absolute atomic E-state index is 0.0426. The normalized spacial score (nSPS) is 21.3. The van der Waals surface area contributed by atoms with Crippen LogP contribution >= 0.6 is 23.8 Å². The van der Waals surface area contributed by atoms with Crippen LogP contribution in [-0.2, 0) is 9.59 Å². The first-order chi connectivity index (χ1) is 15.5. The quantitative estimate of drug-likeness (QED) is 0.352. The Morgan fingerprint density at radius 1 is 1.24 bits per heavy atom. The van der Waals surface area contributed by atoms with Gasteiger partial charge in [0.15, 0.2) is 5.11 Å². The first-order valence-electron chi connectivity index (χ1n) is 11.1. The van der Waals surface area contributed by atoms with E-state index < -0.39 is 11.8 Å². The lowest BCUT2D eigenvalue weighted by molar-refractivity contribution is -0.122. The molecular formula is C26H28ClN3O2S. The maximum absolute atomic E-state index is 13.4. The molecule has 172 valence electrons. The number of fused-ring (bicyclic) bond motifs is 1. The van der Waals surface area contributed by atoms with Gasteiger partial charge in [0.1, 0.15) is 5.57 Å². The maximum Gasteiger partial charge on any atom is 0.270 e. The molecule has 2 amide bonds. The van der Waals surface area contributed by atoms with Crippen molar-refractivity contribution in [3.8, 4) is 0 Å². The number of benzene rings is 2. The molecule has 0 aromatic heterocycles. The molecule has 0 radical (unpaired) electrons. The number of aryl methyl sites for hydroxylation is 1. The van der Waals surface area contributed by atoms with Crippen LogP contribution in [0.4, 0.5) is 11.4 Å². The van der Waals surface area contributed by atoms with Crippen molar-refractivity contribution < 1.29 is 9.59 Å². The summed E-state index contributed by atoms with van der Waals surface area (Å²) in [5, 5.41) is 3.17. The third kappa shape index (κ3) is 4.18. The number of hydrogen-bond acceptors (Lipinski definition) is 4. The topological polar surface area (TPSA) is 52.7 Å². The molecule has 5 nitrogen and oxygen atoms in total. The van der Waals surface area contributed by atoms with Gasteiger partial charge < -0.3 is 4.90 Å². The lowest BCUT2D eigenvalue weighted by Gasteiger charge is -2.47. The van der Waals surface area contributed by atoms with Gasteiger partial charge in [0.05, 0.1) is 5.69 Å². The second kappa shape index (κ2) is 8.58. The summed E-state index contributed by atoms with van der Waals surface area (Å²) in [6, 6.07) is 11.1. The van der Waals surface area contributed by atoms with Crippen LogP contribution in [0.1, 0.15) is 56.7 Å². The van der Waals surface area contributed by atoms with E-state index in [4.69, 9.17) is 23.8 Å². The van der Waals surface area contributed by atoms with Gasteiger partial charge in [-0.3, -0.25) is 19.8 Å². The standard InChI is InChI=1S/C26H28ClN3O2S/c1-6-29-22-10-15(2)17(11-20(22)16(3)14-26(29,4)5)12-21-23(31)28-25(33)30(24(21)32)19-9-7-8-18(27)13-19/h7-13,16H,6,14H2,1-5H3,(H,28,31,33)/b21-12+. The van der Waals surface area contributed by atoms with Gasteiger partial charge in [-0.05, 0) is 105 Å². The van der Waals surface area contributed by atoms with Gasteiger partial charge in [-0.1, -0.05) is 24.6 Å². The van der Waals surface area contributed by atoms with Gasteiger partial charge >= 0.3 is 0 Å². The minimum Gasteiger partial charge on any atom is -0.366 e. The van der Waals surface area contributed by atoms with Crippen molar-refractivity contribution in [3.05, 3.63) is 63.7 Å². The van der Waals surface area contributed by atoms with Crippen LogP contribution < -0.4 is 15.1 Å². The molecule has 2 aliphatic rings. The lowest BCUT2D eigenvalue weighted by atomic mass is 9.79. The molecule has 0 bridgehead atoms. The van der Waals surface area contributed by atoms with E-state index in [2.05, 4.69) is 50.0 Å². The van der Waals surface area contributed by atoms with Crippen molar-refractivity contribution in [2.45, 2.75) is 52.5 Å². The molecular weight excluding hydrogens is 454 g/mol. The second-order valence-electron chi connectivity index (χ2n) is 9.37. The Labute approximate surface area is 205 Å². The molecule has 1 saturated heterocycles. The van der Waals surface area contributed by atoms with E-state index in [9.17, 15) is 9.59 Å². The monoisotopic (exact) mass is 481 g/mol. The molecule has 2 aliphatic heterocycles. The van der Waals surface area contributed by atoms with E-state index in [-0.39, 0.29) is 16.2 Å². The number of carbonyl (C=O) groups is 2. The van der Waals surface area contributed by atoms with Crippen LogP contribution in [-0.4, -0.2) is 29.0 Å². The predicted octanol–water partition coefficient (Wildman–Crippen LogP) is 5.59. The molecule has 0 saturated carbocycles. The number of nitrogens with one attached hydrogen (secondary N) is 1. The summed E-state index contributed by atoms with van der Waals surface area (Å²) in [6.45, 7) is 11.9. The summed E-state index contributed by atoms with van der Waals surface area (Å²) in [4.78, 5) is 29.9. The Hall–Kier alpha value is -2.70. The first kappa shape index (κ1) is 23.5.